The molecule has 4 aromatic rings. The fourth-order valence-electron chi connectivity index (χ4n) is 4.14. The molecule has 0 aliphatic carbocycles. The average Bonchev–Trinajstić information content (AvgIpc) is 3.32. The Bertz CT molecular complexity index is 1480. The normalized spacial score (nSPS) is 13.2. The van der Waals surface area contributed by atoms with Crippen LogP contribution in [0.5, 0.6) is 11.5 Å². The largest absolute Gasteiger partial charge is 0.494 e. The lowest BCUT2D eigenvalue weighted by atomic mass is 10.1. The van der Waals surface area contributed by atoms with Crippen molar-refractivity contribution in [2.24, 2.45) is 0 Å². The van der Waals surface area contributed by atoms with Gasteiger partial charge >= 0.3 is 0 Å². The number of hydrogen-bond acceptors (Lipinski definition) is 9. The highest BCUT2D eigenvalue weighted by atomic mass is 32.2. The summed E-state index contributed by atoms with van der Waals surface area (Å²) in [6, 6.07) is 13.1. The molecule has 10 nitrogen and oxygen atoms in total. The second kappa shape index (κ2) is 11.3. The zero-order valence-corrected chi connectivity index (χ0v) is 23.1. The Morgan fingerprint density at radius 1 is 0.868 bits per heavy atom. The topological polar surface area (TPSA) is 118 Å². The number of rotatable bonds is 10. The molecule has 0 N–H and O–H groups in total. The van der Waals surface area contributed by atoms with Gasteiger partial charge < -0.3 is 14.2 Å². The van der Waals surface area contributed by atoms with E-state index >= 15 is 0 Å². The van der Waals surface area contributed by atoms with E-state index in [0.717, 1.165) is 16.7 Å². The lowest BCUT2D eigenvalue weighted by Crippen LogP contribution is -2.30. The zero-order chi connectivity index (χ0) is 27.4. The van der Waals surface area contributed by atoms with Crippen LogP contribution in [0.4, 0.5) is 0 Å². The van der Waals surface area contributed by atoms with E-state index in [1.54, 1.807) is 42.1 Å². The molecule has 0 bridgehead atoms. The summed E-state index contributed by atoms with van der Waals surface area (Å²) < 4.78 is 46.0. The number of aromatic nitrogens is 5. The first kappa shape index (κ1) is 27.2. The molecule has 0 aliphatic heterocycles. The number of ether oxygens (including phenoxy) is 3. The maximum absolute atomic E-state index is 13.7. The van der Waals surface area contributed by atoms with Gasteiger partial charge in [-0.2, -0.15) is 0 Å². The monoisotopic (exact) mass is 537 g/mol. The van der Waals surface area contributed by atoms with Gasteiger partial charge in [0.2, 0.25) is 0 Å². The van der Waals surface area contributed by atoms with Crippen LogP contribution >= 0.6 is 0 Å². The van der Waals surface area contributed by atoms with Gasteiger partial charge in [-0.15, -0.1) is 10.2 Å². The predicted molar refractivity (Wildman–Crippen MR) is 143 cm³/mol. The summed E-state index contributed by atoms with van der Waals surface area (Å²) in [7, 11) is 0.682. The van der Waals surface area contributed by atoms with Crippen LogP contribution in [0.25, 0.3) is 17.1 Å². The van der Waals surface area contributed by atoms with Crippen molar-refractivity contribution in [1.29, 1.82) is 0 Å². The summed E-state index contributed by atoms with van der Waals surface area (Å²) >= 11 is 0. The van der Waals surface area contributed by atoms with Gasteiger partial charge in [0.25, 0.3) is 0 Å². The van der Waals surface area contributed by atoms with Crippen molar-refractivity contribution in [3.8, 4) is 28.6 Å². The molecule has 38 heavy (non-hydrogen) atoms. The van der Waals surface area contributed by atoms with E-state index in [1.165, 1.54) is 21.3 Å². The molecule has 0 fully saturated rings. The van der Waals surface area contributed by atoms with Crippen molar-refractivity contribution in [3.05, 3.63) is 77.6 Å². The first-order valence-electron chi connectivity index (χ1n) is 12.0. The molecule has 0 unspecified atom stereocenters. The summed E-state index contributed by atoms with van der Waals surface area (Å²) in [6.45, 7) is 5.43. The Labute approximate surface area is 222 Å². The van der Waals surface area contributed by atoms with Crippen LogP contribution in [0.15, 0.2) is 54.9 Å². The lowest BCUT2D eigenvalue weighted by molar-refractivity contribution is 0.0947. The second-order valence-corrected chi connectivity index (χ2v) is 11.3. The highest BCUT2D eigenvalue weighted by Gasteiger charge is 2.35. The fourth-order valence-corrected chi connectivity index (χ4v) is 5.56. The fraction of sp³-hybridized carbons (Fsp3) is 0.333. The van der Waals surface area contributed by atoms with E-state index in [2.05, 4.69) is 20.2 Å². The van der Waals surface area contributed by atoms with Gasteiger partial charge in [-0.1, -0.05) is 35.9 Å². The smallest absolute Gasteiger partial charge is 0.168 e. The minimum absolute atomic E-state index is 0.204. The van der Waals surface area contributed by atoms with Crippen LogP contribution in [-0.2, 0) is 20.3 Å². The van der Waals surface area contributed by atoms with Gasteiger partial charge in [0.1, 0.15) is 29.0 Å². The molecule has 0 amide bonds. The highest BCUT2D eigenvalue weighted by Crippen LogP contribution is 2.37. The molecular formula is C27H31N5O5S. The van der Waals surface area contributed by atoms with Gasteiger partial charge in [0.15, 0.2) is 27.3 Å². The Balaban J connectivity index is 1.83. The molecule has 2 aromatic heterocycles. The number of methoxy groups -OCH3 is 3. The molecule has 0 spiro atoms. The van der Waals surface area contributed by atoms with E-state index < -0.39 is 26.9 Å². The quantitative estimate of drug-likeness (QED) is 0.295. The molecule has 0 aliphatic rings. The van der Waals surface area contributed by atoms with Crippen molar-refractivity contribution in [1.82, 2.24) is 24.7 Å². The van der Waals surface area contributed by atoms with Gasteiger partial charge in [-0.05, 0) is 38.5 Å². The molecule has 2 atom stereocenters. The van der Waals surface area contributed by atoms with Gasteiger partial charge in [0.05, 0.1) is 19.5 Å². The average molecular weight is 538 g/mol. The molecule has 0 saturated carbocycles. The maximum atomic E-state index is 13.7. The van der Waals surface area contributed by atoms with Gasteiger partial charge in [-0.25, -0.2) is 18.4 Å². The molecule has 2 aromatic carbocycles. The van der Waals surface area contributed by atoms with Crippen LogP contribution in [0, 0.1) is 13.8 Å². The minimum atomic E-state index is -3.84. The van der Waals surface area contributed by atoms with Crippen molar-refractivity contribution in [2.75, 3.05) is 21.3 Å². The van der Waals surface area contributed by atoms with Crippen molar-refractivity contribution >= 4 is 9.84 Å². The van der Waals surface area contributed by atoms with Crippen molar-refractivity contribution in [2.45, 2.75) is 37.9 Å². The van der Waals surface area contributed by atoms with E-state index in [-0.39, 0.29) is 5.82 Å². The standard InChI is InChI=1S/C27H31N5O5S/c1-17-10-12-20(13-11-17)27-31-30-23(32(27)24-21(35-4)8-7-9-22(24)36-5)16-38(33,34)19(3)25(37-6)26-28-14-18(2)15-29-26/h7-15,19,25H,16H2,1-6H3/t19-,25-/m0/s1. The number of aryl methyl sites for hydroxylation is 2. The van der Waals surface area contributed by atoms with E-state index in [9.17, 15) is 8.42 Å². The summed E-state index contributed by atoms with van der Waals surface area (Å²) in [5, 5.41) is 7.76. The SMILES string of the molecule is COc1cccc(OC)c1-n1c(CS(=O)(=O)[C@@H](C)[C@H](OC)c2ncc(C)cn2)nnc1-c1ccc(C)cc1. The van der Waals surface area contributed by atoms with E-state index in [1.807, 2.05) is 38.1 Å². The third-order valence-corrected chi connectivity index (χ3v) is 8.34. The second-order valence-electron chi connectivity index (χ2n) is 8.94. The maximum Gasteiger partial charge on any atom is 0.168 e. The van der Waals surface area contributed by atoms with E-state index in [4.69, 9.17) is 14.2 Å². The summed E-state index contributed by atoms with van der Waals surface area (Å²) in [5.74, 6) is 1.49. The van der Waals surface area contributed by atoms with Crippen molar-refractivity contribution in [3.63, 3.8) is 0 Å². The minimum Gasteiger partial charge on any atom is -0.494 e. The number of hydrogen-bond donors (Lipinski definition) is 0. The molecular weight excluding hydrogens is 506 g/mol. The predicted octanol–water partition coefficient (Wildman–Crippen LogP) is 4.05. The zero-order valence-electron chi connectivity index (χ0n) is 22.2. The van der Waals surface area contributed by atoms with Crippen LogP contribution in [0.3, 0.4) is 0 Å². The molecule has 2 heterocycles. The number of benzene rings is 2. The third-order valence-electron chi connectivity index (χ3n) is 6.30. The van der Waals surface area contributed by atoms with Crippen LogP contribution in [0.2, 0.25) is 0 Å². The molecule has 0 saturated heterocycles. The first-order chi connectivity index (χ1) is 18.2. The first-order valence-corrected chi connectivity index (χ1v) is 13.7. The van der Waals surface area contributed by atoms with Crippen molar-refractivity contribution < 1.29 is 22.6 Å². The summed E-state index contributed by atoms with van der Waals surface area (Å²) in [5.41, 5.74) is 3.20. The Kier molecular flexibility index (Phi) is 8.08. The van der Waals surface area contributed by atoms with Gasteiger partial charge in [0, 0.05) is 25.1 Å². The highest BCUT2D eigenvalue weighted by molar-refractivity contribution is 7.91. The van der Waals surface area contributed by atoms with Crippen LogP contribution < -0.4 is 9.47 Å². The Morgan fingerprint density at radius 2 is 1.47 bits per heavy atom. The van der Waals surface area contributed by atoms with Gasteiger partial charge in [-0.3, -0.25) is 4.57 Å². The third kappa shape index (κ3) is 5.39. The molecule has 200 valence electrons. The Hall–Kier alpha value is -3.83. The summed E-state index contributed by atoms with van der Waals surface area (Å²) in [4.78, 5) is 8.57. The number of para-hydroxylation sites is 1. The molecule has 0 radical (unpaired) electrons. The number of sulfone groups is 1. The van der Waals surface area contributed by atoms with Crippen LogP contribution in [0.1, 0.15) is 35.8 Å². The number of nitrogens with zero attached hydrogens (tertiary/aromatic N) is 5. The lowest BCUT2D eigenvalue weighted by Gasteiger charge is -2.22. The van der Waals surface area contributed by atoms with Crippen LogP contribution in [-0.4, -0.2) is 59.7 Å². The molecule has 4 rings (SSSR count). The summed E-state index contributed by atoms with van der Waals surface area (Å²) in [6.07, 6.45) is 2.40. The Morgan fingerprint density at radius 3 is 2.03 bits per heavy atom. The molecule has 11 heteroatoms. The van der Waals surface area contributed by atoms with E-state index in [0.29, 0.717) is 28.8 Å².